The van der Waals surface area contributed by atoms with Gasteiger partial charge in [-0.1, -0.05) is 0 Å². The molecule has 1 aliphatic heterocycles. The molecule has 0 aliphatic carbocycles. The lowest BCUT2D eigenvalue weighted by Crippen LogP contribution is -2.45. The summed E-state index contributed by atoms with van der Waals surface area (Å²) < 4.78 is 11.4. The molecule has 1 fully saturated rings. The van der Waals surface area contributed by atoms with E-state index in [4.69, 9.17) is 9.47 Å². The van der Waals surface area contributed by atoms with Crippen LogP contribution in [-0.2, 0) is 4.79 Å². The summed E-state index contributed by atoms with van der Waals surface area (Å²) in [5.74, 6) is 0.581. The summed E-state index contributed by atoms with van der Waals surface area (Å²) in [6.45, 7) is 3.02. The molecule has 1 aromatic rings. The highest BCUT2D eigenvalue weighted by atomic mass is 79.9. The molecule has 1 heterocycles. The van der Waals surface area contributed by atoms with Crippen molar-refractivity contribution < 1.29 is 19.1 Å². The van der Waals surface area contributed by atoms with Gasteiger partial charge >= 0.3 is 0 Å². The lowest BCUT2D eigenvalue weighted by atomic mass is 10.1. The van der Waals surface area contributed by atoms with Crippen LogP contribution < -0.4 is 20.1 Å². The molecular formula is C16H21BrN2O4. The monoisotopic (exact) mass is 384 g/mol. The smallest absolute Gasteiger partial charge is 0.252 e. The molecule has 23 heavy (non-hydrogen) atoms. The molecule has 0 saturated carbocycles. The number of carbonyl (C=O) groups is 2. The average molecular weight is 385 g/mol. The molecule has 1 aliphatic rings. The maximum absolute atomic E-state index is 12.5. The highest BCUT2D eigenvalue weighted by Crippen LogP contribution is 2.36. The second-order valence-electron chi connectivity index (χ2n) is 5.24. The first-order chi connectivity index (χ1) is 11.1. The number of ether oxygens (including phenoxy) is 2. The largest absolute Gasteiger partial charge is 0.493 e. The van der Waals surface area contributed by atoms with Crippen molar-refractivity contribution in [1.29, 1.82) is 0 Å². The summed E-state index contributed by atoms with van der Waals surface area (Å²) in [5.41, 5.74) is 0.411. The molecule has 1 atom stereocenters. The molecular weight excluding hydrogens is 364 g/mol. The van der Waals surface area contributed by atoms with Crippen LogP contribution in [0, 0.1) is 0 Å². The standard InChI is InChI=1S/C16H21BrN2O4/c1-3-23-14-11(17)8-10(9-13(14)22-2)15(20)19-12-6-4-5-7-18-16(12)21/h8-9,12H,3-7H2,1-2H3,(H,18,21)(H,19,20). The van der Waals surface area contributed by atoms with Gasteiger partial charge in [-0.05, 0) is 54.2 Å². The Bertz CT molecular complexity index is 592. The van der Waals surface area contributed by atoms with Crippen LogP contribution in [0.1, 0.15) is 36.5 Å². The number of hydrogen-bond acceptors (Lipinski definition) is 4. The number of halogens is 1. The van der Waals surface area contributed by atoms with Crippen molar-refractivity contribution in [3.05, 3.63) is 22.2 Å². The van der Waals surface area contributed by atoms with E-state index in [1.165, 1.54) is 7.11 Å². The van der Waals surface area contributed by atoms with Crippen LogP contribution in [-0.4, -0.2) is 38.1 Å². The van der Waals surface area contributed by atoms with Crippen LogP contribution in [0.2, 0.25) is 0 Å². The predicted molar refractivity (Wildman–Crippen MR) is 90.0 cm³/mol. The van der Waals surface area contributed by atoms with Crippen LogP contribution in [0.3, 0.4) is 0 Å². The second kappa shape index (κ2) is 8.19. The molecule has 7 heteroatoms. The van der Waals surface area contributed by atoms with Crippen molar-refractivity contribution in [1.82, 2.24) is 10.6 Å². The first kappa shape index (κ1) is 17.6. The first-order valence-corrected chi connectivity index (χ1v) is 8.45. The lowest BCUT2D eigenvalue weighted by Gasteiger charge is -2.17. The third-order valence-electron chi connectivity index (χ3n) is 3.62. The van der Waals surface area contributed by atoms with E-state index < -0.39 is 6.04 Å². The molecule has 1 saturated heterocycles. The van der Waals surface area contributed by atoms with Crippen molar-refractivity contribution >= 4 is 27.7 Å². The zero-order chi connectivity index (χ0) is 16.8. The SMILES string of the molecule is CCOc1c(Br)cc(C(=O)NC2CCCCNC2=O)cc1OC. The number of nitrogens with one attached hydrogen (secondary N) is 2. The summed E-state index contributed by atoms with van der Waals surface area (Å²) in [6, 6.07) is 2.78. The van der Waals surface area contributed by atoms with Gasteiger partial charge < -0.3 is 20.1 Å². The highest BCUT2D eigenvalue weighted by molar-refractivity contribution is 9.10. The summed E-state index contributed by atoms with van der Waals surface area (Å²) in [5, 5.41) is 5.59. The Balaban J connectivity index is 2.18. The van der Waals surface area contributed by atoms with Gasteiger partial charge in [0.1, 0.15) is 6.04 Å². The minimum absolute atomic E-state index is 0.132. The molecule has 0 bridgehead atoms. The summed E-state index contributed by atoms with van der Waals surface area (Å²) in [6.07, 6.45) is 2.48. The van der Waals surface area contributed by atoms with Crippen LogP contribution in [0.5, 0.6) is 11.5 Å². The third-order valence-corrected chi connectivity index (χ3v) is 4.21. The van der Waals surface area contributed by atoms with E-state index >= 15 is 0 Å². The molecule has 1 aromatic carbocycles. The highest BCUT2D eigenvalue weighted by Gasteiger charge is 2.24. The van der Waals surface area contributed by atoms with Crippen molar-refractivity contribution in [2.24, 2.45) is 0 Å². The van der Waals surface area contributed by atoms with Crippen LogP contribution in [0.4, 0.5) is 0 Å². The molecule has 1 unspecified atom stereocenters. The van der Waals surface area contributed by atoms with Gasteiger partial charge in [0, 0.05) is 12.1 Å². The number of hydrogen-bond donors (Lipinski definition) is 2. The Morgan fingerprint density at radius 1 is 1.43 bits per heavy atom. The average Bonchev–Trinajstić information content (AvgIpc) is 2.74. The molecule has 0 radical (unpaired) electrons. The Morgan fingerprint density at radius 3 is 2.91 bits per heavy atom. The fourth-order valence-electron chi connectivity index (χ4n) is 2.45. The van der Waals surface area contributed by atoms with E-state index in [1.54, 1.807) is 12.1 Å². The van der Waals surface area contributed by atoms with Crippen molar-refractivity contribution in [3.8, 4) is 11.5 Å². The normalized spacial score (nSPS) is 17.9. The van der Waals surface area contributed by atoms with Gasteiger partial charge in [-0.15, -0.1) is 0 Å². The Labute approximate surface area is 144 Å². The van der Waals surface area contributed by atoms with Gasteiger partial charge in [-0.2, -0.15) is 0 Å². The van der Waals surface area contributed by atoms with Gasteiger partial charge in [0.25, 0.3) is 5.91 Å². The van der Waals surface area contributed by atoms with E-state index in [0.717, 1.165) is 12.8 Å². The molecule has 2 N–H and O–H groups in total. The number of benzene rings is 1. The Morgan fingerprint density at radius 2 is 2.22 bits per heavy atom. The van der Waals surface area contributed by atoms with E-state index in [2.05, 4.69) is 26.6 Å². The van der Waals surface area contributed by atoms with Crippen molar-refractivity contribution in [2.75, 3.05) is 20.3 Å². The van der Waals surface area contributed by atoms with E-state index in [0.29, 0.717) is 41.1 Å². The number of rotatable bonds is 5. The Hall–Kier alpha value is -1.76. The molecule has 2 rings (SSSR count). The first-order valence-electron chi connectivity index (χ1n) is 7.65. The second-order valence-corrected chi connectivity index (χ2v) is 6.09. The summed E-state index contributed by atoms with van der Waals surface area (Å²) in [7, 11) is 1.52. The summed E-state index contributed by atoms with van der Waals surface area (Å²) in [4.78, 5) is 24.4. The molecule has 6 nitrogen and oxygen atoms in total. The number of methoxy groups -OCH3 is 1. The topological polar surface area (TPSA) is 76.7 Å². The minimum Gasteiger partial charge on any atom is -0.493 e. The van der Waals surface area contributed by atoms with Crippen LogP contribution in [0.25, 0.3) is 0 Å². The number of carbonyl (C=O) groups excluding carboxylic acids is 2. The van der Waals surface area contributed by atoms with Gasteiger partial charge in [-0.25, -0.2) is 0 Å². The van der Waals surface area contributed by atoms with E-state index in [9.17, 15) is 9.59 Å². The third kappa shape index (κ3) is 4.37. The Kier molecular flexibility index (Phi) is 6.27. The fraction of sp³-hybridized carbons (Fsp3) is 0.500. The van der Waals surface area contributed by atoms with Crippen molar-refractivity contribution in [2.45, 2.75) is 32.2 Å². The van der Waals surface area contributed by atoms with Crippen LogP contribution >= 0.6 is 15.9 Å². The molecule has 126 valence electrons. The van der Waals surface area contributed by atoms with Gasteiger partial charge in [0.05, 0.1) is 18.2 Å². The summed E-state index contributed by atoms with van der Waals surface area (Å²) >= 11 is 3.39. The van der Waals surface area contributed by atoms with E-state index in [-0.39, 0.29) is 11.8 Å². The maximum atomic E-state index is 12.5. The predicted octanol–water partition coefficient (Wildman–Crippen LogP) is 2.25. The minimum atomic E-state index is -0.499. The molecule has 0 aromatic heterocycles. The number of amides is 2. The maximum Gasteiger partial charge on any atom is 0.252 e. The van der Waals surface area contributed by atoms with E-state index in [1.807, 2.05) is 6.92 Å². The fourth-order valence-corrected chi connectivity index (χ4v) is 3.01. The van der Waals surface area contributed by atoms with Gasteiger partial charge in [-0.3, -0.25) is 9.59 Å². The molecule has 2 amide bonds. The lowest BCUT2D eigenvalue weighted by molar-refractivity contribution is -0.122. The van der Waals surface area contributed by atoms with Gasteiger partial charge in [0.15, 0.2) is 11.5 Å². The van der Waals surface area contributed by atoms with Gasteiger partial charge in [0.2, 0.25) is 5.91 Å². The quantitative estimate of drug-likeness (QED) is 0.815. The van der Waals surface area contributed by atoms with Crippen LogP contribution in [0.15, 0.2) is 16.6 Å². The zero-order valence-electron chi connectivity index (χ0n) is 13.3. The zero-order valence-corrected chi connectivity index (χ0v) is 14.9. The molecule has 0 spiro atoms. The van der Waals surface area contributed by atoms with Crippen molar-refractivity contribution in [3.63, 3.8) is 0 Å².